The molecule has 0 N–H and O–H groups in total. The van der Waals surface area contributed by atoms with E-state index in [2.05, 4.69) is 4.98 Å². The first-order valence-electron chi connectivity index (χ1n) is 9.28. The van der Waals surface area contributed by atoms with E-state index in [0.29, 0.717) is 29.7 Å². The van der Waals surface area contributed by atoms with Crippen molar-refractivity contribution in [1.29, 1.82) is 0 Å². The zero-order chi connectivity index (χ0) is 18.1. The van der Waals surface area contributed by atoms with E-state index in [0.717, 1.165) is 11.3 Å². The summed E-state index contributed by atoms with van der Waals surface area (Å²) in [7, 11) is 1.64. The third-order valence-corrected chi connectivity index (χ3v) is 5.47. The standard InChI is InChI=1S/C21H24N2O3/c1-14-17-8-5-11-22-20(17)21(24)23(14)16-9-10-18(25-2)19(12-16)26-13-15-6-3-4-7-15/h5,8-12,14-15H,3-4,6-7,13H2,1-2H3. The second-order valence-corrected chi connectivity index (χ2v) is 7.09. The van der Waals surface area contributed by atoms with E-state index in [1.54, 1.807) is 18.2 Å². The second-order valence-electron chi connectivity index (χ2n) is 7.09. The highest BCUT2D eigenvalue weighted by molar-refractivity contribution is 6.09. The lowest BCUT2D eigenvalue weighted by atomic mass is 10.1. The minimum Gasteiger partial charge on any atom is -0.493 e. The van der Waals surface area contributed by atoms with Gasteiger partial charge in [0.1, 0.15) is 5.69 Å². The Bertz CT molecular complexity index is 815. The molecule has 1 aromatic heterocycles. The smallest absolute Gasteiger partial charge is 0.277 e. The lowest BCUT2D eigenvalue weighted by Gasteiger charge is -2.23. The van der Waals surface area contributed by atoms with Crippen LogP contribution in [0, 0.1) is 5.92 Å². The largest absolute Gasteiger partial charge is 0.493 e. The van der Waals surface area contributed by atoms with Crippen LogP contribution >= 0.6 is 0 Å². The van der Waals surface area contributed by atoms with Crippen molar-refractivity contribution < 1.29 is 14.3 Å². The van der Waals surface area contributed by atoms with Crippen LogP contribution in [0.25, 0.3) is 0 Å². The fraction of sp³-hybridized carbons (Fsp3) is 0.429. The van der Waals surface area contributed by atoms with Crippen LogP contribution in [0.5, 0.6) is 11.5 Å². The number of fused-ring (bicyclic) bond motifs is 1. The first kappa shape index (κ1) is 16.9. The van der Waals surface area contributed by atoms with Gasteiger partial charge in [-0.1, -0.05) is 18.9 Å². The van der Waals surface area contributed by atoms with Crippen molar-refractivity contribution >= 4 is 11.6 Å². The molecule has 1 atom stereocenters. The van der Waals surface area contributed by atoms with Crippen molar-refractivity contribution in [2.45, 2.75) is 38.6 Å². The molecule has 26 heavy (non-hydrogen) atoms. The average molecular weight is 352 g/mol. The van der Waals surface area contributed by atoms with E-state index in [9.17, 15) is 4.79 Å². The number of carbonyl (C=O) groups excluding carboxylic acids is 1. The van der Waals surface area contributed by atoms with Crippen LogP contribution in [0.2, 0.25) is 0 Å². The Morgan fingerprint density at radius 3 is 2.73 bits per heavy atom. The summed E-state index contributed by atoms with van der Waals surface area (Å²) in [6, 6.07) is 9.47. The molecule has 2 aliphatic rings. The topological polar surface area (TPSA) is 51.7 Å². The number of hydrogen-bond donors (Lipinski definition) is 0. The third kappa shape index (κ3) is 2.91. The SMILES string of the molecule is COc1ccc(N2C(=O)c3ncccc3C2C)cc1OCC1CCCC1. The molecule has 1 aliphatic carbocycles. The maximum Gasteiger partial charge on any atom is 0.277 e. The van der Waals surface area contributed by atoms with Crippen molar-refractivity contribution in [2.75, 3.05) is 18.6 Å². The Morgan fingerprint density at radius 2 is 2.00 bits per heavy atom. The molecular formula is C21H24N2O3. The lowest BCUT2D eigenvalue weighted by Crippen LogP contribution is -2.26. The number of carbonyl (C=O) groups is 1. The monoisotopic (exact) mass is 352 g/mol. The van der Waals surface area contributed by atoms with Crippen molar-refractivity contribution in [3.63, 3.8) is 0 Å². The summed E-state index contributed by atoms with van der Waals surface area (Å²) in [4.78, 5) is 18.9. The third-order valence-electron chi connectivity index (χ3n) is 5.47. The molecule has 1 saturated carbocycles. The molecule has 2 heterocycles. The number of nitrogens with zero attached hydrogens (tertiary/aromatic N) is 2. The van der Waals surface area contributed by atoms with Gasteiger partial charge in [-0.15, -0.1) is 0 Å². The van der Waals surface area contributed by atoms with Crippen LogP contribution in [0.15, 0.2) is 36.5 Å². The summed E-state index contributed by atoms with van der Waals surface area (Å²) in [6.45, 7) is 2.72. The molecule has 0 bridgehead atoms. The van der Waals surface area contributed by atoms with E-state index in [1.807, 2.05) is 37.3 Å². The number of rotatable bonds is 5. The van der Waals surface area contributed by atoms with E-state index in [4.69, 9.17) is 9.47 Å². The number of methoxy groups -OCH3 is 1. The molecule has 4 rings (SSSR count). The molecule has 1 fully saturated rings. The molecule has 1 amide bonds. The van der Waals surface area contributed by atoms with Gasteiger partial charge in [0.2, 0.25) is 0 Å². The van der Waals surface area contributed by atoms with Gasteiger partial charge in [0.15, 0.2) is 11.5 Å². The van der Waals surface area contributed by atoms with Gasteiger partial charge >= 0.3 is 0 Å². The Kier molecular flexibility index (Phi) is 4.53. The van der Waals surface area contributed by atoms with E-state index in [-0.39, 0.29) is 11.9 Å². The fourth-order valence-corrected chi connectivity index (χ4v) is 4.02. The quantitative estimate of drug-likeness (QED) is 0.801. The minimum absolute atomic E-state index is 0.0534. The maximum absolute atomic E-state index is 12.8. The summed E-state index contributed by atoms with van der Waals surface area (Å²) >= 11 is 0. The molecule has 2 aromatic rings. The number of anilines is 1. The Morgan fingerprint density at radius 1 is 1.19 bits per heavy atom. The molecule has 0 radical (unpaired) electrons. The van der Waals surface area contributed by atoms with Gasteiger partial charge in [-0.05, 0) is 43.9 Å². The molecule has 1 unspecified atom stereocenters. The molecule has 1 aromatic carbocycles. The van der Waals surface area contributed by atoms with Crippen LogP contribution in [0.3, 0.4) is 0 Å². The lowest BCUT2D eigenvalue weighted by molar-refractivity contribution is 0.0988. The highest BCUT2D eigenvalue weighted by Gasteiger charge is 2.36. The van der Waals surface area contributed by atoms with Crippen molar-refractivity contribution in [2.24, 2.45) is 5.92 Å². The number of hydrogen-bond acceptors (Lipinski definition) is 4. The zero-order valence-corrected chi connectivity index (χ0v) is 15.3. The predicted molar refractivity (Wildman–Crippen MR) is 99.9 cm³/mol. The van der Waals surface area contributed by atoms with Gasteiger partial charge in [-0.2, -0.15) is 0 Å². The molecular weight excluding hydrogens is 328 g/mol. The zero-order valence-electron chi connectivity index (χ0n) is 15.3. The van der Waals surface area contributed by atoms with E-state index < -0.39 is 0 Å². The number of benzene rings is 1. The van der Waals surface area contributed by atoms with Crippen LogP contribution in [0.1, 0.15) is 54.7 Å². The minimum atomic E-state index is -0.0694. The number of amides is 1. The molecule has 136 valence electrons. The molecule has 5 heteroatoms. The van der Waals surface area contributed by atoms with Gasteiger partial charge in [-0.25, -0.2) is 0 Å². The number of aromatic nitrogens is 1. The Balaban J connectivity index is 1.61. The molecule has 0 saturated heterocycles. The Hall–Kier alpha value is -2.56. The summed E-state index contributed by atoms with van der Waals surface area (Å²) in [6.07, 6.45) is 6.69. The summed E-state index contributed by atoms with van der Waals surface area (Å²) in [5.74, 6) is 1.94. The first-order valence-corrected chi connectivity index (χ1v) is 9.28. The van der Waals surface area contributed by atoms with Crippen LogP contribution in [-0.4, -0.2) is 24.6 Å². The highest BCUT2D eigenvalue weighted by atomic mass is 16.5. The summed E-state index contributed by atoms with van der Waals surface area (Å²) < 4.78 is 11.5. The van der Waals surface area contributed by atoms with Gasteiger partial charge in [0.05, 0.1) is 19.8 Å². The van der Waals surface area contributed by atoms with Gasteiger partial charge in [-0.3, -0.25) is 14.7 Å². The number of ether oxygens (including phenoxy) is 2. The average Bonchev–Trinajstić information content (AvgIpc) is 3.27. The molecule has 5 nitrogen and oxygen atoms in total. The van der Waals surface area contributed by atoms with E-state index >= 15 is 0 Å². The van der Waals surface area contributed by atoms with Crippen molar-refractivity contribution in [3.05, 3.63) is 47.8 Å². The summed E-state index contributed by atoms with van der Waals surface area (Å²) in [5.41, 5.74) is 2.30. The van der Waals surface area contributed by atoms with Crippen molar-refractivity contribution in [3.8, 4) is 11.5 Å². The maximum atomic E-state index is 12.8. The predicted octanol–water partition coefficient (Wildman–Crippen LogP) is 4.38. The van der Waals surface area contributed by atoms with Crippen molar-refractivity contribution in [1.82, 2.24) is 4.98 Å². The normalized spacial score (nSPS) is 19.7. The van der Waals surface area contributed by atoms with Gasteiger partial charge in [0.25, 0.3) is 5.91 Å². The van der Waals surface area contributed by atoms with Crippen LogP contribution in [0.4, 0.5) is 5.69 Å². The summed E-state index contributed by atoms with van der Waals surface area (Å²) in [5, 5.41) is 0. The van der Waals surface area contributed by atoms with Gasteiger partial charge < -0.3 is 9.47 Å². The Labute approximate surface area is 153 Å². The number of pyridine rings is 1. The fourth-order valence-electron chi connectivity index (χ4n) is 4.02. The molecule has 1 aliphatic heterocycles. The highest BCUT2D eigenvalue weighted by Crippen LogP contribution is 2.40. The molecule has 0 spiro atoms. The first-order chi connectivity index (χ1) is 12.7. The van der Waals surface area contributed by atoms with E-state index in [1.165, 1.54) is 25.7 Å². The second kappa shape index (κ2) is 6.98. The van der Waals surface area contributed by atoms with Crippen LogP contribution < -0.4 is 14.4 Å². The van der Waals surface area contributed by atoms with Crippen LogP contribution in [-0.2, 0) is 0 Å². The van der Waals surface area contributed by atoms with Gasteiger partial charge in [0, 0.05) is 23.5 Å².